The molecular formula is C24H29NO3. The lowest BCUT2D eigenvalue weighted by molar-refractivity contribution is -0.130. The van der Waals surface area contributed by atoms with E-state index in [1.54, 1.807) is 0 Å². The standard InChI is InChI=1S/C24H29NO3/c1-17-9-8-12-19(13-17)21(24(2,3)4)15-22(26)25-20(16-28-23(25)27)14-18-10-6-5-7-11-18/h5-13,20-21H,14-16H2,1-4H3/t20-,21+/m0/s1. The van der Waals surface area contributed by atoms with Gasteiger partial charge in [0.15, 0.2) is 0 Å². The molecule has 4 nitrogen and oxygen atoms in total. The highest BCUT2D eigenvalue weighted by Gasteiger charge is 2.40. The van der Waals surface area contributed by atoms with Crippen LogP contribution in [0.1, 0.15) is 49.8 Å². The number of ether oxygens (including phenoxy) is 1. The SMILES string of the molecule is Cc1cccc([C@@H](CC(=O)N2C(=O)OC[C@@H]2Cc2ccccc2)C(C)(C)C)c1. The molecule has 148 valence electrons. The molecule has 3 rings (SSSR count). The van der Waals surface area contributed by atoms with E-state index in [1.165, 1.54) is 10.5 Å². The maximum atomic E-state index is 13.2. The van der Waals surface area contributed by atoms with Gasteiger partial charge in [-0.25, -0.2) is 9.69 Å². The lowest BCUT2D eigenvalue weighted by Gasteiger charge is -2.32. The summed E-state index contributed by atoms with van der Waals surface area (Å²) in [7, 11) is 0. The van der Waals surface area contributed by atoms with Crippen LogP contribution in [0, 0.1) is 12.3 Å². The molecule has 0 unspecified atom stereocenters. The number of nitrogens with zero attached hydrogens (tertiary/aromatic N) is 1. The van der Waals surface area contributed by atoms with E-state index in [-0.39, 0.29) is 36.3 Å². The Morgan fingerprint density at radius 3 is 2.50 bits per heavy atom. The largest absolute Gasteiger partial charge is 0.447 e. The summed E-state index contributed by atoms with van der Waals surface area (Å²) in [6, 6.07) is 17.9. The number of carbonyl (C=O) groups excluding carboxylic acids is 2. The molecule has 0 N–H and O–H groups in total. The lowest BCUT2D eigenvalue weighted by atomic mass is 9.74. The third-order valence-electron chi connectivity index (χ3n) is 5.41. The molecule has 2 aromatic carbocycles. The molecular weight excluding hydrogens is 350 g/mol. The highest BCUT2D eigenvalue weighted by molar-refractivity contribution is 5.94. The molecule has 2 aromatic rings. The van der Waals surface area contributed by atoms with Crippen molar-refractivity contribution in [3.05, 3.63) is 71.3 Å². The topological polar surface area (TPSA) is 46.6 Å². The van der Waals surface area contributed by atoms with Crippen molar-refractivity contribution in [1.29, 1.82) is 0 Å². The summed E-state index contributed by atoms with van der Waals surface area (Å²) in [5, 5.41) is 0. The van der Waals surface area contributed by atoms with Crippen LogP contribution in [0.3, 0.4) is 0 Å². The molecule has 1 fully saturated rings. The normalized spacial score (nSPS) is 18.1. The first-order valence-corrected chi connectivity index (χ1v) is 9.85. The molecule has 0 aromatic heterocycles. The van der Waals surface area contributed by atoms with Crippen molar-refractivity contribution >= 4 is 12.0 Å². The number of carbonyl (C=O) groups is 2. The molecule has 1 aliphatic heterocycles. The predicted molar refractivity (Wildman–Crippen MR) is 110 cm³/mol. The summed E-state index contributed by atoms with van der Waals surface area (Å²) in [4.78, 5) is 26.9. The number of rotatable bonds is 5. The van der Waals surface area contributed by atoms with Gasteiger partial charge in [0.1, 0.15) is 6.61 Å². The maximum Gasteiger partial charge on any atom is 0.416 e. The second-order valence-corrected chi connectivity index (χ2v) is 8.72. The second kappa shape index (κ2) is 8.17. The van der Waals surface area contributed by atoms with Crippen LogP contribution in [0.15, 0.2) is 54.6 Å². The first kappa shape index (κ1) is 20.1. The fourth-order valence-electron chi connectivity index (χ4n) is 3.89. The van der Waals surface area contributed by atoms with E-state index in [1.807, 2.05) is 36.4 Å². The first-order chi connectivity index (χ1) is 13.3. The number of cyclic esters (lactones) is 1. The van der Waals surface area contributed by atoms with Gasteiger partial charge in [0, 0.05) is 6.42 Å². The fourth-order valence-corrected chi connectivity index (χ4v) is 3.89. The van der Waals surface area contributed by atoms with E-state index < -0.39 is 6.09 Å². The number of benzene rings is 2. The van der Waals surface area contributed by atoms with Gasteiger partial charge in [-0.3, -0.25) is 4.79 Å². The summed E-state index contributed by atoms with van der Waals surface area (Å²) in [6.45, 7) is 8.72. The van der Waals surface area contributed by atoms with Crippen LogP contribution in [0.5, 0.6) is 0 Å². The van der Waals surface area contributed by atoms with E-state index in [2.05, 4.69) is 45.9 Å². The minimum Gasteiger partial charge on any atom is -0.447 e. The van der Waals surface area contributed by atoms with Crippen molar-refractivity contribution in [2.24, 2.45) is 5.41 Å². The van der Waals surface area contributed by atoms with Gasteiger partial charge in [-0.05, 0) is 35.8 Å². The smallest absolute Gasteiger partial charge is 0.416 e. The number of hydrogen-bond acceptors (Lipinski definition) is 3. The summed E-state index contributed by atoms with van der Waals surface area (Å²) in [5.41, 5.74) is 3.28. The van der Waals surface area contributed by atoms with E-state index in [0.29, 0.717) is 6.42 Å². The first-order valence-electron chi connectivity index (χ1n) is 9.85. The van der Waals surface area contributed by atoms with Gasteiger partial charge < -0.3 is 4.74 Å². The quantitative estimate of drug-likeness (QED) is 0.726. The van der Waals surface area contributed by atoms with Crippen LogP contribution >= 0.6 is 0 Å². The predicted octanol–water partition coefficient (Wildman–Crippen LogP) is 5.10. The average molecular weight is 380 g/mol. The van der Waals surface area contributed by atoms with Gasteiger partial charge in [-0.2, -0.15) is 0 Å². The molecule has 0 bridgehead atoms. The molecule has 0 saturated carbocycles. The highest BCUT2D eigenvalue weighted by atomic mass is 16.6. The van der Waals surface area contributed by atoms with Gasteiger partial charge in [-0.15, -0.1) is 0 Å². The third-order valence-corrected chi connectivity index (χ3v) is 5.41. The van der Waals surface area contributed by atoms with Gasteiger partial charge in [0.25, 0.3) is 0 Å². The Kier molecular flexibility index (Phi) is 5.87. The number of aryl methyl sites for hydroxylation is 1. The van der Waals surface area contributed by atoms with E-state index in [0.717, 1.165) is 11.1 Å². The molecule has 2 atom stereocenters. The Hall–Kier alpha value is -2.62. The zero-order chi connectivity index (χ0) is 20.3. The minimum absolute atomic E-state index is 0.0191. The Balaban J connectivity index is 1.80. The Morgan fingerprint density at radius 2 is 1.86 bits per heavy atom. The van der Waals surface area contributed by atoms with Gasteiger partial charge in [0.2, 0.25) is 5.91 Å². The molecule has 0 radical (unpaired) electrons. The van der Waals surface area contributed by atoms with Gasteiger partial charge in [-0.1, -0.05) is 80.9 Å². The fraction of sp³-hybridized carbons (Fsp3) is 0.417. The summed E-state index contributed by atoms with van der Waals surface area (Å²) in [6.07, 6.45) is 0.374. The molecule has 2 amide bonds. The van der Waals surface area contributed by atoms with Crippen LogP contribution in [0.2, 0.25) is 0 Å². The zero-order valence-electron chi connectivity index (χ0n) is 17.1. The van der Waals surface area contributed by atoms with Crippen molar-refractivity contribution < 1.29 is 14.3 Å². The lowest BCUT2D eigenvalue weighted by Crippen LogP contribution is -2.41. The van der Waals surface area contributed by atoms with Crippen molar-refractivity contribution in [3.8, 4) is 0 Å². The summed E-state index contributed by atoms with van der Waals surface area (Å²) < 4.78 is 5.23. The Labute approximate surface area is 167 Å². The second-order valence-electron chi connectivity index (χ2n) is 8.72. The third kappa shape index (κ3) is 4.61. The summed E-state index contributed by atoms with van der Waals surface area (Å²) >= 11 is 0. The van der Waals surface area contributed by atoms with Gasteiger partial charge >= 0.3 is 6.09 Å². The molecule has 1 heterocycles. The number of hydrogen-bond donors (Lipinski definition) is 0. The van der Waals surface area contributed by atoms with Gasteiger partial charge in [0.05, 0.1) is 6.04 Å². The molecule has 1 saturated heterocycles. The van der Waals surface area contributed by atoms with Crippen molar-refractivity contribution in [2.45, 2.75) is 52.5 Å². The Morgan fingerprint density at radius 1 is 1.14 bits per heavy atom. The van der Waals surface area contributed by atoms with Crippen molar-refractivity contribution in [2.75, 3.05) is 6.61 Å². The molecule has 28 heavy (non-hydrogen) atoms. The monoisotopic (exact) mass is 379 g/mol. The van der Waals surface area contributed by atoms with Crippen LogP contribution in [0.25, 0.3) is 0 Å². The van der Waals surface area contributed by atoms with Crippen LogP contribution in [-0.4, -0.2) is 29.5 Å². The number of imide groups is 1. The average Bonchev–Trinajstić information content (AvgIpc) is 2.99. The van der Waals surface area contributed by atoms with E-state index in [9.17, 15) is 9.59 Å². The van der Waals surface area contributed by atoms with E-state index >= 15 is 0 Å². The highest BCUT2D eigenvalue weighted by Crippen LogP contribution is 2.39. The summed E-state index contributed by atoms with van der Waals surface area (Å²) in [5.74, 6) is -0.143. The zero-order valence-corrected chi connectivity index (χ0v) is 17.1. The maximum absolute atomic E-state index is 13.2. The molecule has 0 aliphatic carbocycles. The Bertz CT molecular complexity index is 838. The minimum atomic E-state index is -0.525. The molecule has 0 spiro atoms. The van der Waals surface area contributed by atoms with Crippen molar-refractivity contribution in [1.82, 2.24) is 4.90 Å². The van der Waals surface area contributed by atoms with Crippen LogP contribution in [-0.2, 0) is 16.0 Å². The molecule has 4 heteroatoms. The number of amides is 2. The molecule has 1 aliphatic rings. The van der Waals surface area contributed by atoms with Crippen LogP contribution < -0.4 is 0 Å². The van der Waals surface area contributed by atoms with Crippen LogP contribution in [0.4, 0.5) is 4.79 Å². The van der Waals surface area contributed by atoms with Crippen molar-refractivity contribution in [3.63, 3.8) is 0 Å². The van der Waals surface area contributed by atoms with E-state index in [4.69, 9.17) is 4.74 Å².